The summed E-state index contributed by atoms with van der Waals surface area (Å²) in [5.41, 5.74) is 0.348. The van der Waals surface area contributed by atoms with Crippen LogP contribution in [0.25, 0.3) is 0 Å². The van der Waals surface area contributed by atoms with Gasteiger partial charge >= 0.3 is 0 Å². The largest absolute Gasteiger partial charge is 0.345 e. The van der Waals surface area contributed by atoms with E-state index in [1.807, 2.05) is 0 Å². The molecule has 2 nitrogen and oxygen atoms in total. The molecule has 3 heteroatoms. The van der Waals surface area contributed by atoms with Crippen molar-refractivity contribution in [3.8, 4) is 11.8 Å². The van der Waals surface area contributed by atoms with Gasteiger partial charge in [0.05, 0.1) is 12.1 Å². The van der Waals surface area contributed by atoms with E-state index in [4.69, 9.17) is 0 Å². The standard InChI is InChI=1S/C13H14FNO/c1-10(2)13(16)15-9-5-7-11-6-3-4-8-12(11)14/h3-4,6,8,10H,9H2,1-2H3,(H,15,16). The molecule has 0 fully saturated rings. The number of rotatable bonds is 2. The summed E-state index contributed by atoms with van der Waals surface area (Å²) in [5.74, 6) is 4.92. The zero-order valence-corrected chi connectivity index (χ0v) is 9.38. The fourth-order valence-corrected chi connectivity index (χ4v) is 1.04. The summed E-state index contributed by atoms with van der Waals surface area (Å²) in [6.07, 6.45) is 0. The number of benzene rings is 1. The Hall–Kier alpha value is -1.82. The van der Waals surface area contributed by atoms with Gasteiger partial charge in [0, 0.05) is 5.92 Å². The zero-order chi connectivity index (χ0) is 12.0. The van der Waals surface area contributed by atoms with Crippen molar-refractivity contribution in [3.05, 3.63) is 35.6 Å². The van der Waals surface area contributed by atoms with E-state index in [0.29, 0.717) is 5.56 Å². The summed E-state index contributed by atoms with van der Waals surface area (Å²) in [6, 6.07) is 6.30. The van der Waals surface area contributed by atoms with Crippen LogP contribution in [0.5, 0.6) is 0 Å². The Morgan fingerprint density at radius 2 is 2.12 bits per heavy atom. The molecule has 1 rings (SSSR count). The predicted molar refractivity (Wildman–Crippen MR) is 61.1 cm³/mol. The van der Waals surface area contributed by atoms with E-state index < -0.39 is 0 Å². The third-order valence-electron chi connectivity index (χ3n) is 1.97. The first kappa shape index (κ1) is 12.3. The molecule has 0 bridgehead atoms. The highest BCUT2D eigenvalue weighted by atomic mass is 19.1. The second kappa shape index (κ2) is 5.92. The molecule has 0 heterocycles. The van der Waals surface area contributed by atoms with Gasteiger partial charge in [0.25, 0.3) is 0 Å². The van der Waals surface area contributed by atoms with Gasteiger partial charge in [-0.05, 0) is 12.1 Å². The highest BCUT2D eigenvalue weighted by Gasteiger charge is 2.03. The number of hydrogen-bond acceptors (Lipinski definition) is 1. The van der Waals surface area contributed by atoms with Gasteiger partial charge in [-0.15, -0.1) is 0 Å². The lowest BCUT2D eigenvalue weighted by Crippen LogP contribution is -2.27. The zero-order valence-electron chi connectivity index (χ0n) is 9.38. The average molecular weight is 219 g/mol. The molecule has 0 saturated heterocycles. The van der Waals surface area contributed by atoms with E-state index in [0.717, 1.165) is 0 Å². The maximum Gasteiger partial charge on any atom is 0.223 e. The van der Waals surface area contributed by atoms with Crippen LogP contribution >= 0.6 is 0 Å². The van der Waals surface area contributed by atoms with Gasteiger partial charge in [-0.2, -0.15) is 0 Å². The Morgan fingerprint density at radius 1 is 1.44 bits per heavy atom. The summed E-state index contributed by atoms with van der Waals surface area (Å²) in [6.45, 7) is 3.85. The van der Waals surface area contributed by atoms with Crippen molar-refractivity contribution < 1.29 is 9.18 Å². The van der Waals surface area contributed by atoms with E-state index in [1.54, 1.807) is 32.0 Å². The molecule has 1 aromatic carbocycles. The van der Waals surface area contributed by atoms with E-state index in [9.17, 15) is 9.18 Å². The molecule has 1 aromatic rings. The molecule has 16 heavy (non-hydrogen) atoms. The minimum absolute atomic E-state index is 0.0529. The second-order valence-corrected chi connectivity index (χ2v) is 3.65. The molecule has 0 atom stereocenters. The van der Waals surface area contributed by atoms with Crippen molar-refractivity contribution >= 4 is 5.91 Å². The van der Waals surface area contributed by atoms with Crippen LogP contribution in [0.3, 0.4) is 0 Å². The molecular weight excluding hydrogens is 205 g/mol. The van der Waals surface area contributed by atoms with Crippen LogP contribution in [0.15, 0.2) is 24.3 Å². The number of hydrogen-bond donors (Lipinski definition) is 1. The number of halogens is 1. The van der Waals surface area contributed by atoms with Crippen molar-refractivity contribution in [3.63, 3.8) is 0 Å². The third-order valence-corrected chi connectivity index (χ3v) is 1.97. The number of carbonyl (C=O) groups excluding carboxylic acids is 1. The van der Waals surface area contributed by atoms with Crippen LogP contribution in [0.4, 0.5) is 4.39 Å². The summed E-state index contributed by atoms with van der Waals surface area (Å²) in [7, 11) is 0. The molecule has 0 aliphatic heterocycles. The first-order valence-corrected chi connectivity index (χ1v) is 5.12. The lowest BCUT2D eigenvalue weighted by molar-refractivity contribution is -0.123. The van der Waals surface area contributed by atoms with Crippen LogP contribution < -0.4 is 5.32 Å². The van der Waals surface area contributed by atoms with E-state index in [-0.39, 0.29) is 24.2 Å². The highest BCUT2D eigenvalue weighted by molar-refractivity contribution is 5.78. The SMILES string of the molecule is CC(C)C(=O)NCC#Cc1ccccc1F. The molecule has 0 saturated carbocycles. The molecule has 84 valence electrons. The molecule has 0 aliphatic carbocycles. The van der Waals surface area contributed by atoms with Crippen LogP contribution in [0.2, 0.25) is 0 Å². The summed E-state index contributed by atoms with van der Waals surface area (Å²) < 4.78 is 13.1. The third kappa shape index (κ3) is 3.74. The first-order valence-electron chi connectivity index (χ1n) is 5.12. The van der Waals surface area contributed by atoms with Crippen molar-refractivity contribution in [2.75, 3.05) is 6.54 Å². The van der Waals surface area contributed by atoms with E-state index >= 15 is 0 Å². The summed E-state index contributed by atoms with van der Waals surface area (Å²) in [5, 5.41) is 2.64. The minimum Gasteiger partial charge on any atom is -0.345 e. The number of amides is 1. The molecular formula is C13H14FNO. The lowest BCUT2D eigenvalue weighted by atomic mass is 10.2. The van der Waals surface area contributed by atoms with Gasteiger partial charge in [0.2, 0.25) is 5.91 Å². The normalized spacial score (nSPS) is 9.50. The minimum atomic E-state index is -0.342. The van der Waals surface area contributed by atoms with Crippen LogP contribution in [0, 0.1) is 23.6 Å². The van der Waals surface area contributed by atoms with Crippen molar-refractivity contribution in [2.45, 2.75) is 13.8 Å². The Labute approximate surface area is 94.9 Å². The average Bonchev–Trinajstić information content (AvgIpc) is 2.26. The van der Waals surface area contributed by atoms with Gasteiger partial charge in [0.15, 0.2) is 0 Å². The molecule has 1 N–H and O–H groups in total. The Balaban J connectivity index is 2.51. The number of carbonyl (C=O) groups is 1. The fraction of sp³-hybridized carbons (Fsp3) is 0.308. The van der Waals surface area contributed by atoms with Gasteiger partial charge in [-0.25, -0.2) is 4.39 Å². The second-order valence-electron chi connectivity index (χ2n) is 3.65. The quantitative estimate of drug-likeness (QED) is 0.757. The van der Waals surface area contributed by atoms with Crippen molar-refractivity contribution in [1.29, 1.82) is 0 Å². The van der Waals surface area contributed by atoms with Crippen LogP contribution in [-0.2, 0) is 4.79 Å². The molecule has 0 spiro atoms. The van der Waals surface area contributed by atoms with E-state index in [2.05, 4.69) is 17.2 Å². The monoisotopic (exact) mass is 219 g/mol. The summed E-state index contributed by atoms with van der Waals surface area (Å²) >= 11 is 0. The fourth-order valence-electron chi connectivity index (χ4n) is 1.04. The van der Waals surface area contributed by atoms with E-state index in [1.165, 1.54) is 6.07 Å². The Kier molecular flexibility index (Phi) is 4.53. The van der Waals surface area contributed by atoms with Gasteiger partial charge in [-0.1, -0.05) is 37.8 Å². The van der Waals surface area contributed by atoms with Gasteiger partial charge in [0.1, 0.15) is 5.82 Å². The molecule has 0 aromatic heterocycles. The maximum atomic E-state index is 13.1. The first-order chi connectivity index (χ1) is 7.61. The van der Waals surface area contributed by atoms with Crippen molar-refractivity contribution in [2.24, 2.45) is 5.92 Å². The van der Waals surface area contributed by atoms with Gasteiger partial charge < -0.3 is 5.32 Å². The molecule has 1 amide bonds. The number of nitrogens with one attached hydrogen (secondary N) is 1. The Morgan fingerprint density at radius 3 is 2.75 bits per heavy atom. The molecule has 0 unspecified atom stereocenters. The van der Waals surface area contributed by atoms with Crippen LogP contribution in [-0.4, -0.2) is 12.5 Å². The lowest BCUT2D eigenvalue weighted by Gasteiger charge is -2.02. The molecule has 0 aliphatic rings. The maximum absolute atomic E-state index is 13.1. The van der Waals surface area contributed by atoms with Gasteiger partial charge in [-0.3, -0.25) is 4.79 Å². The van der Waals surface area contributed by atoms with Crippen LogP contribution in [0.1, 0.15) is 19.4 Å². The highest BCUT2D eigenvalue weighted by Crippen LogP contribution is 2.03. The van der Waals surface area contributed by atoms with Crippen molar-refractivity contribution in [1.82, 2.24) is 5.32 Å². The topological polar surface area (TPSA) is 29.1 Å². The predicted octanol–water partition coefficient (Wildman–Crippen LogP) is 1.95. The Bertz CT molecular complexity index is 429. The smallest absolute Gasteiger partial charge is 0.223 e. The molecule has 0 radical (unpaired) electrons. The summed E-state index contributed by atoms with van der Waals surface area (Å²) in [4.78, 5) is 11.2.